The summed E-state index contributed by atoms with van der Waals surface area (Å²) in [7, 11) is 0. The molecule has 1 aromatic rings. The Balaban J connectivity index is 2.03. The van der Waals surface area contributed by atoms with Gasteiger partial charge in [-0.3, -0.25) is 4.90 Å². The smallest absolute Gasteiger partial charge is 0.142 e. The molecule has 1 heterocycles. The van der Waals surface area contributed by atoms with Crippen LogP contribution < -0.4 is 5.73 Å². The van der Waals surface area contributed by atoms with Gasteiger partial charge in [0.1, 0.15) is 5.82 Å². The second-order valence-corrected chi connectivity index (χ2v) is 5.59. The Morgan fingerprint density at radius 3 is 3.00 bits per heavy atom. The van der Waals surface area contributed by atoms with Crippen LogP contribution in [0.2, 0.25) is 5.02 Å². The number of nitrogens with two attached hydrogens (primary N) is 1. The summed E-state index contributed by atoms with van der Waals surface area (Å²) in [6, 6.07) is 5.00. The monoisotopic (exact) mass is 270 g/mol. The van der Waals surface area contributed by atoms with Gasteiger partial charge in [-0.25, -0.2) is 4.39 Å². The third kappa shape index (κ3) is 3.02. The lowest BCUT2D eigenvalue weighted by molar-refractivity contribution is 0.126. The number of hydrogen-bond donors (Lipinski definition) is 1. The molecule has 1 saturated heterocycles. The zero-order valence-electron chi connectivity index (χ0n) is 10.7. The molecule has 0 aromatic heterocycles. The second-order valence-electron chi connectivity index (χ2n) is 5.21. The maximum atomic E-state index is 13.4. The molecular weight excluding hydrogens is 251 g/mol. The zero-order valence-corrected chi connectivity index (χ0v) is 11.5. The molecule has 1 aliphatic heterocycles. The minimum atomic E-state index is -0.338. The summed E-state index contributed by atoms with van der Waals surface area (Å²) in [6.07, 6.45) is 1.15. The highest BCUT2D eigenvalue weighted by Gasteiger charge is 2.25. The number of halogens is 2. The number of benzene rings is 1. The van der Waals surface area contributed by atoms with Gasteiger partial charge in [0.2, 0.25) is 0 Å². The molecular formula is C14H20ClFN2. The summed E-state index contributed by atoms with van der Waals surface area (Å²) in [5.41, 5.74) is 6.65. The fraction of sp³-hybridized carbons (Fsp3) is 0.571. The Kier molecular flexibility index (Phi) is 4.60. The molecule has 1 aliphatic rings. The summed E-state index contributed by atoms with van der Waals surface area (Å²) in [5, 5.41) is 0.250. The van der Waals surface area contributed by atoms with Gasteiger partial charge < -0.3 is 5.73 Å². The van der Waals surface area contributed by atoms with Crippen molar-refractivity contribution in [3.63, 3.8) is 0 Å². The molecule has 0 bridgehead atoms. The van der Waals surface area contributed by atoms with E-state index in [-0.39, 0.29) is 10.8 Å². The summed E-state index contributed by atoms with van der Waals surface area (Å²) in [4.78, 5) is 2.32. The van der Waals surface area contributed by atoms with E-state index in [0.29, 0.717) is 24.9 Å². The lowest BCUT2D eigenvalue weighted by Gasteiger charge is -2.36. The first-order valence-corrected chi connectivity index (χ1v) is 6.85. The number of piperidine rings is 1. The van der Waals surface area contributed by atoms with Gasteiger partial charge in [0.05, 0.1) is 5.02 Å². The molecule has 18 heavy (non-hydrogen) atoms. The van der Waals surface area contributed by atoms with Crippen LogP contribution in [0.4, 0.5) is 4.39 Å². The Bertz CT molecular complexity index is 411. The molecule has 0 amide bonds. The number of hydrogen-bond acceptors (Lipinski definition) is 2. The van der Waals surface area contributed by atoms with Crippen molar-refractivity contribution in [3.8, 4) is 0 Å². The zero-order chi connectivity index (χ0) is 13.1. The summed E-state index contributed by atoms with van der Waals surface area (Å²) < 4.78 is 13.4. The van der Waals surface area contributed by atoms with E-state index in [0.717, 1.165) is 25.1 Å². The lowest BCUT2D eigenvalue weighted by atomic mass is 9.87. The largest absolute Gasteiger partial charge is 0.330 e. The van der Waals surface area contributed by atoms with Gasteiger partial charge in [-0.2, -0.15) is 0 Å². The van der Waals surface area contributed by atoms with Crippen LogP contribution in [0.5, 0.6) is 0 Å². The van der Waals surface area contributed by atoms with Crippen molar-refractivity contribution in [1.29, 1.82) is 0 Å². The van der Waals surface area contributed by atoms with E-state index in [1.807, 2.05) is 6.07 Å². The van der Waals surface area contributed by atoms with Crippen molar-refractivity contribution in [2.24, 2.45) is 17.6 Å². The minimum Gasteiger partial charge on any atom is -0.330 e. The van der Waals surface area contributed by atoms with Gasteiger partial charge in [-0.1, -0.05) is 30.7 Å². The van der Waals surface area contributed by atoms with E-state index < -0.39 is 0 Å². The lowest BCUT2D eigenvalue weighted by Crippen LogP contribution is -2.42. The SMILES string of the molecule is CC1CCN(Cc2cccc(F)c2Cl)CC1CN. The average Bonchev–Trinajstić information content (AvgIpc) is 2.37. The van der Waals surface area contributed by atoms with Crippen LogP contribution in [-0.4, -0.2) is 24.5 Å². The quantitative estimate of drug-likeness (QED) is 0.915. The highest BCUT2D eigenvalue weighted by Crippen LogP contribution is 2.26. The van der Waals surface area contributed by atoms with Crippen molar-refractivity contribution < 1.29 is 4.39 Å². The Labute approximate surface area is 113 Å². The molecule has 2 rings (SSSR count). The van der Waals surface area contributed by atoms with Gasteiger partial charge >= 0.3 is 0 Å². The van der Waals surface area contributed by atoms with Crippen LogP contribution in [0, 0.1) is 17.7 Å². The molecule has 100 valence electrons. The molecule has 0 spiro atoms. The molecule has 0 radical (unpaired) electrons. The summed E-state index contributed by atoms with van der Waals surface area (Å²) in [6.45, 7) is 5.69. The first-order valence-electron chi connectivity index (χ1n) is 6.47. The fourth-order valence-electron chi connectivity index (χ4n) is 2.59. The first-order chi connectivity index (χ1) is 8.61. The van der Waals surface area contributed by atoms with Gasteiger partial charge in [0.25, 0.3) is 0 Å². The standard InChI is InChI=1S/C14H20ClFN2/c1-10-5-6-18(9-12(10)7-17)8-11-3-2-4-13(16)14(11)15/h2-4,10,12H,5-9,17H2,1H3. The molecule has 1 aromatic carbocycles. The van der Waals surface area contributed by atoms with Crippen molar-refractivity contribution in [2.45, 2.75) is 19.9 Å². The Morgan fingerprint density at radius 2 is 2.28 bits per heavy atom. The Hall–Kier alpha value is -0.640. The predicted molar refractivity (Wildman–Crippen MR) is 73.0 cm³/mol. The third-order valence-corrected chi connectivity index (χ3v) is 4.35. The minimum absolute atomic E-state index is 0.250. The molecule has 1 fully saturated rings. The highest BCUT2D eigenvalue weighted by atomic mass is 35.5. The second kappa shape index (κ2) is 6.00. The molecule has 2 unspecified atom stereocenters. The highest BCUT2D eigenvalue weighted by molar-refractivity contribution is 6.31. The van der Waals surface area contributed by atoms with E-state index in [4.69, 9.17) is 17.3 Å². The molecule has 4 heteroatoms. The third-order valence-electron chi connectivity index (χ3n) is 3.93. The van der Waals surface area contributed by atoms with Gasteiger partial charge in [0, 0.05) is 13.1 Å². The van der Waals surface area contributed by atoms with Crippen LogP contribution in [0.15, 0.2) is 18.2 Å². The Morgan fingerprint density at radius 1 is 1.50 bits per heavy atom. The molecule has 0 saturated carbocycles. The molecule has 2 atom stereocenters. The van der Waals surface area contributed by atoms with Crippen LogP contribution in [0.25, 0.3) is 0 Å². The van der Waals surface area contributed by atoms with Gasteiger partial charge in [-0.05, 0) is 43.0 Å². The number of rotatable bonds is 3. The maximum absolute atomic E-state index is 13.4. The van der Waals surface area contributed by atoms with Crippen molar-refractivity contribution in [1.82, 2.24) is 4.90 Å². The summed E-state index contributed by atoms with van der Waals surface area (Å²) >= 11 is 5.99. The van der Waals surface area contributed by atoms with Crippen LogP contribution in [0.3, 0.4) is 0 Å². The normalized spacial score (nSPS) is 25.3. The van der Waals surface area contributed by atoms with Crippen LogP contribution >= 0.6 is 11.6 Å². The van der Waals surface area contributed by atoms with Crippen molar-refractivity contribution >= 4 is 11.6 Å². The number of nitrogens with zero attached hydrogens (tertiary/aromatic N) is 1. The molecule has 2 nitrogen and oxygen atoms in total. The van der Waals surface area contributed by atoms with Crippen LogP contribution in [0.1, 0.15) is 18.9 Å². The molecule has 2 N–H and O–H groups in total. The van der Waals surface area contributed by atoms with E-state index in [2.05, 4.69) is 11.8 Å². The average molecular weight is 271 g/mol. The predicted octanol–water partition coefficient (Wildman–Crippen LogP) is 2.90. The fourth-order valence-corrected chi connectivity index (χ4v) is 2.77. The van der Waals surface area contributed by atoms with E-state index in [1.165, 1.54) is 6.07 Å². The maximum Gasteiger partial charge on any atom is 0.142 e. The first kappa shape index (κ1) is 13.8. The van der Waals surface area contributed by atoms with E-state index in [1.54, 1.807) is 6.07 Å². The van der Waals surface area contributed by atoms with Crippen LogP contribution in [-0.2, 0) is 6.54 Å². The molecule has 0 aliphatic carbocycles. The van der Waals surface area contributed by atoms with Gasteiger partial charge in [-0.15, -0.1) is 0 Å². The van der Waals surface area contributed by atoms with Gasteiger partial charge in [0.15, 0.2) is 0 Å². The summed E-state index contributed by atoms with van der Waals surface area (Å²) in [5.74, 6) is 0.871. The van der Waals surface area contributed by atoms with E-state index >= 15 is 0 Å². The topological polar surface area (TPSA) is 29.3 Å². The number of likely N-dealkylation sites (tertiary alicyclic amines) is 1. The van der Waals surface area contributed by atoms with Crippen molar-refractivity contribution in [3.05, 3.63) is 34.6 Å². The van der Waals surface area contributed by atoms with E-state index in [9.17, 15) is 4.39 Å². The van der Waals surface area contributed by atoms with Crippen molar-refractivity contribution in [2.75, 3.05) is 19.6 Å².